The van der Waals surface area contributed by atoms with E-state index in [1.165, 1.54) is 7.11 Å². The van der Waals surface area contributed by atoms with Crippen LogP contribution in [0, 0.1) is 5.92 Å². The maximum atomic E-state index is 12.4. The number of benzene rings is 2. The summed E-state index contributed by atoms with van der Waals surface area (Å²) in [5, 5.41) is 14.7. The first-order valence-electron chi connectivity index (χ1n) is 11.6. The zero-order valence-electron chi connectivity index (χ0n) is 19.2. The van der Waals surface area contributed by atoms with Crippen LogP contribution >= 0.6 is 0 Å². The molecule has 2 aromatic rings. The molecule has 4 rings (SSSR count). The summed E-state index contributed by atoms with van der Waals surface area (Å²) in [5.41, 5.74) is 4.58. The number of carboxylic acid groups (broad SMARTS) is 1. The molecule has 2 aliphatic carbocycles. The molecule has 0 radical (unpaired) electrons. The fourth-order valence-electron chi connectivity index (χ4n) is 4.99. The molecule has 3 N–H and O–H groups in total. The lowest BCUT2D eigenvalue weighted by Crippen LogP contribution is -2.43. The second-order valence-electron chi connectivity index (χ2n) is 8.82. The van der Waals surface area contributed by atoms with Crippen LogP contribution in [0.4, 0.5) is 4.79 Å². The summed E-state index contributed by atoms with van der Waals surface area (Å²) in [6, 6.07) is 15.9. The van der Waals surface area contributed by atoms with Crippen LogP contribution in [0.25, 0.3) is 11.1 Å². The van der Waals surface area contributed by atoms with Gasteiger partial charge >= 0.3 is 12.1 Å². The second-order valence-corrected chi connectivity index (χ2v) is 8.82. The summed E-state index contributed by atoms with van der Waals surface area (Å²) in [7, 11) is 1.47. The van der Waals surface area contributed by atoms with Crippen molar-refractivity contribution in [3.63, 3.8) is 0 Å². The van der Waals surface area contributed by atoms with Crippen molar-refractivity contribution in [1.29, 1.82) is 0 Å². The molecule has 2 aromatic carbocycles. The molecule has 2 aliphatic rings. The zero-order valence-corrected chi connectivity index (χ0v) is 19.2. The van der Waals surface area contributed by atoms with Crippen molar-refractivity contribution in [2.75, 3.05) is 20.3 Å². The van der Waals surface area contributed by atoms with Gasteiger partial charge in [0.05, 0.1) is 18.4 Å². The Hall–Kier alpha value is -3.39. The molecule has 180 valence electrons. The van der Waals surface area contributed by atoms with Crippen molar-refractivity contribution >= 4 is 18.0 Å². The Balaban J connectivity index is 1.26. The summed E-state index contributed by atoms with van der Waals surface area (Å²) in [4.78, 5) is 36.1. The highest BCUT2D eigenvalue weighted by atomic mass is 16.5. The first kappa shape index (κ1) is 23.8. The van der Waals surface area contributed by atoms with Crippen LogP contribution in [-0.4, -0.2) is 55.5 Å². The van der Waals surface area contributed by atoms with Gasteiger partial charge in [0.2, 0.25) is 5.91 Å². The average molecular weight is 467 g/mol. The SMILES string of the molecule is COC(CNC(=O)OCC1c2ccccc2-c2ccccc21)CC(=O)N[C@@H]1CCC[C@@H]1C(=O)O. The van der Waals surface area contributed by atoms with Crippen molar-refractivity contribution in [3.8, 4) is 11.1 Å². The van der Waals surface area contributed by atoms with E-state index in [1.807, 2.05) is 24.3 Å². The maximum Gasteiger partial charge on any atom is 0.407 e. The number of ether oxygens (including phenoxy) is 2. The molecule has 0 heterocycles. The number of hydrogen-bond acceptors (Lipinski definition) is 5. The minimum Gasteiger partial charge on any atom is -0.481 e. The molecule has 0 bridgehead atoms. The topological polar surface area (TPSA) is 114 Å². The summed E-state index contributed by atoms with van der Waals surface area (Å²) in [6.07, 6.45) is 0.883. The number of methoxy groups -OCH3 is 1. The predicted molar refractivity (Wildman–Crippen MR) is 125 cm³/mol. The number of nitrogens with one attached hydrogen (secondary N) is 2. The minimum atomic E-state index is -0.886. The minimum absolute atomic E-state index is 0.0169. The van der Waals surface area contributed by atoms with E-state index in [0.717, 1.165) is 28.7 Å². The van der Waals surface area contributed by atoms with Gasteiger partial charge in [-0.3, -0.25) is 9.59 Å². The van der Waals surface area contributed by atoms with E-state index in [9.17, 15) is 19.5 Å². The molecular formula is C26H30N2O6. The van der Waals surface area contributed by atoms with Crippen LogP contribution in [0.1, 0.15) is 42.7 Å². The standard InChI is InChI=1S/C26H30N2O6/c1-33-16(13-24(29)28-23-12-6-11-21(23)25(30)31)14-27-26(32)34-15-22-19-9-4-2-7-17(19)18-8-3-5-10-20(18)22/h2-5,7-10,16,21-23H,6,11-15H2,1H3,(H,27,32)(H,28,29)(H,30,31)/t16?,21-,23+/m0/s1. The largest absolute Gasteiger partial charge is 0.481 e. The monoisotopic (exact) mass is 466 g/mol. The highest BCUT2D eigenvalue weighted by molar-refractivity contribution is 5.80. The Bertz CT molecular complexity index is 1010. The Morgan fingerprint density at radius 3 is 2.29 bits per heavy atom. The molecule has 34 heavy (non-hydrogen) atoms. The lowest BCUT2D eigenvalue weighted by molar-refractivity contribution is -0.142. The van der Waals surface area contributed by atoms with Gasteiger partial charge in [0.25, 0.3) is 0 Å². The fraction of sp³-hybridized carbons (Fsp3) is 0.423. The number of amides is 2. The molecule has 1 unspecified atom stereocenters. The van der Waals surface area contributed by atoms with Crippen molar-refractivity contribution < 1.29 is 29.0 Å². The van der Waals surface area contributed by atoms with Crippen LogP contribution in [0.3, 0.4) is 0 Å². The molecule has 8 nitrogen and oxygen atoms in total. The highest BCUT2D eigenvalue weighted by Crippen LogP contribution is 2.44. The van der Waals surface area contributed by atoms with Gasteiger partial charge in [-0.15, -0.1) is 0 Å². The van der Waals surface area contributed by atoms with Gasteiger partial charge < -0.3 is 25.2 Å². The van der Waals surface area contributed by atoms with Crippen LogP contribution in [0.5, 0.6) is 0 Å². The summed E-state index contributed by atoms with van der Waals surface area (Å²) in [6.45, 7) is 0.309. The molecule has 0 aromatic heterocycles. The van der Waals surface area contributed by atoms with Gasteiger partial charge in [0, 0.05) is 25.6 Å². The molecule has 0 aliphatic heterocycles. The van der Waals surface area contributed by atoms with Gasteiger partial charge in [0.15, 0.2) is 0 Å². The molecule has 1 fully saturated rings. The van der Waals surface area contributed by atoms with Crippen molar-refractivity contribution in [2.24, 2.45) is 5.92 Å². The normalized spacial score (nSPS) is 19.7. The Labute approximate surface area is 198 Å². The quantitative estimate of drug-likeness (QED) is 0.523. The molecule has 2 amide bonds. The number of aliphatic carboxylic acids is 1. The smallest absolute Gasteiger partial charge is 0.407 e. The van der Waals surface area contributed by atoms with Crippen LogP contribution in [0.15, 0.2) is 48.5 Å². The van der Waals surface area contributed by atoms with E-state index >= 15 is 0 Å². The van der Waals surface area contributed by atoms with E-state index in [-0.39, 0.29) is 37.4 Å². The summed E-state index contributed by atoms with van der Waals surface area (Å²) >= 11 is 0. The Morgan fingerprint density at radius 1 is 1.03 bits per heavy atom. The third-order valence-corrected chi connectivity index (χ3v) is 6.74. The van der Waals surface area contributed by atoms with Crippen LogP contribution in [-0.2, 0) is 19.1 Å². The van der Waals surface area contributed by atoms with Crippen molar-refractivity contribution in [1.82, 2.24) is 10.6 Å². The summed E-state index contributed by atoms with van der Waals surface area (Å²) < 4.78 is 10.8. The highest BCUT2D eigenvalue weighted by Gasteiger charge is 2.34. The lowest BCUT2D eigenvalue weighted by Gasteiger charge is -2.20. The first-order valence-corrected chi connectivity index (χ1v) is 11.6. The third-order valence-electron chi connectivity index (χ3n) is 6.74. The molecule has 1 saturated carbocycles. The molecule has 0 spiro atoms. The van der Waals surface area contributed by atoms with Crippen molar-refractivity contribution in [3.05, 3.63) is 59.7 Å². The number of carbonyl (C=O) groups is 3. The third kappa shape index (κ3) is 5.22. The number of rotatable bonds is 9. The maximum absolute atomic E-state index is 12.4. The number of alkyl carbamates (subject to hydrolysis) is 1. The van der Waals surface area contributed by atoms with Crippen LogP contribution in [0.2, 0.25) is 0 Å². The lowest BCUT2D eigenvalue weighted by atomic mass is 9.98. The van der Waals surface area contributed by atoms with Crippen LogP contribution < -0.4 is 10.6 Å². The van der Waals surface area contributed by atoms with Gasteiger partial charge in [-0.2, -0.15) is 0 Å². The van der Waals surface area contributed by atoms with E-state index in [2.05, 4.69) is 34.9 Å². The van der Waals surface area contributed by atoms with E-state index in [1.54, 1.807) is 0 Å². The molecule has 0 saturated heterocycles. The Kier molecular flexibility index (Phi) is 7.47. The van der Waals surface area contributed by atoms with E-state index in [4.69, 9.17) is 9.47 Å². The average Bonchev–Trinajstić information content (AvgIpc) is 3.43. The zero-order chi connectivity index (χ0) is 24.1. The fourth-order valence-corrected chi connectivity index (χ4v) is 4.99. The first-order chi connectivity index (χ1) is 16.5. The predicted octanol–water partition coefficient (Wildman–Crippen LogP) is 3.30. The van der Waals surface area contributed by atoms with Crippen molar-refractivity contribution in [2.45, 2.75) is 43.7 Å². The molecule has 8 heteroatoms. The molecular weight excluding hydrogens is 436 g/mol. The molecule has 3 atom stereocenters. The van der Waals surface area contributed by atoms with Gasteiger partial charge in [-0.25, -0.2) is 4.79 Å². The number of fused-ring (bicyclic) bond motifs is 3. The Morgan fingerprint density at radius 2 is 1.68 bits per heavy atom. The van der Waals surface area contributed by atoms with E-state index in [0.29, 0.717) is 12.8 Å². The summed E-state index contributed by atoms with van der Waals surface area (Å²) in [5.74, 6) is -1.76. The van der Waals surface area contributed by atoms with E-state index < -0.39 is 24.1 Å². The number of carbonyl (C=O) groups excluding carboxylic acids is 2. The number of carboxylic acids is 1. The second kappa shape index (κ2) is 10.7. The van der Waals surface area contributed by atoms with Gasteiger partial charge in [-0.1, -0.05) is 55.0 Å². The van der Waals surface area contributed by atoms with Gasteiger partial charge in [0.1, 0.15) is 6.61 Å². The van der Waals surface area contributed by atoms with Gasteiger partial charge in [-0.05, 0) is 35.1 Å². The number of hydrogen-bond donors (Lipinski definition) is 3.